The third-order valence-corrected chi connectivity index (χ3v) is 6.46. The number of hydrogen-bond acceptors (Lipinski definition) is 2. The molecule has 2 unspecified atom stereocenters. The van der Waals surface area contributed by atoms with Gasteiger partial charge in [-0.05, 0) is 16.7 Å². The summed E-state index contributed by atoms with van der Waals surface area (Å²) in [5, 5.41) is 2.97. The van der Waals surface area contributed by atoms with Crippen molar-refractivity contribution < 1.29 is 4.79 Å². The minimum atomic E-state index is -0.575. The van der Waals surface area contributed by atoms with E-state index in [1.807, 2.05) is 31.5 Å². The second kappa shape index (κ2) is 7.88. The minimum absolute atomic E-state index is 0.0776. The highest BCUT2D eigenvalue weighted by Crippen LogP contribution is 2.41. The van der Waals surface area contributed by atoms with E-state index in [9.17, 15) is 4.79 Å². The molecule has 1 amide bonds. The van der Waals surface area contributed by atoms with Crippen LogP contribution in [-0.2, 0) is 10.3 Å². The number of carbonyl (C=O) groups excluding carboxylic acids is 1. The largest absolute Gasteiger partial charge is 0.355 e. The van der Waals surface area contributed by atoms with Crippen molar-refractivity contribution in [3.63, 3.8) is 0 Å². The maximum Gasteiger partial charge on any atom is 0.223 e. The maximum atomic E-state index is 12.1. The average Bonchev–Trinajstić information content (AvgIpc) is 3.44. The molecular formula is C27H25N3O. The predicted octanol–water partition coefficient (Wildman–Crippen LogP) is 4.57. The van der Waals surface area contributed by atoms with Gasteiger partial charge >= 0.3 is 0 Å². The molecule has 4 nitrogen and oxygen atoms in total. The molecule has 0 spiro atoms. The summed E-state index contributed by atoms with van der Waals surface area (Å²) < 4.78 is 2.21. The first-order valence-corrected chi connectivity index (χ1v) is 10.7. The van der Waals surface area contributed by atoms with E-state index >= 15 is 0 Å². The zero-order chi connectivity index (χ0) is 21.3. The zero-order valence-corrected chi connectivity index (χ0v) is 17.5. The lowest BCUT2D eigenvalue weighted by Gasteiger charge is -2.37. The van der Waals surface area contributed by atoms with Crippen LogP contribution in [0.3, 0.4) is 0 Å². The molecule has 2 atom stereocenters. The number of aromatic nitrogens is 2. The molecule has 1 aliphatic rings. The van der Waals surface area contributed by atoms with Gasteiger partial charge < -0.3 is 9.88 Å². The Morgan fingerprint density at radius 3 is 1.74 bits per heavy atom. The lowest BCUT2D eigenvalue weighted by molar-refractivity contribution is -0.122. The average molecular weight is 408 g/mol. The van der Waals surface area contributed by atoms with Gasteiger partial charge in [-0.1, -0.05) is 97.9 Å². The van der Waals surface area contributed by atoms with Crippen LogP contribution in [-0.4, -0.2) is 22.0 Å². The molecule has 2 heterocycles. The Balaban J connectivity index is 1.76. The van der Waals surface area contributed by atoms with Crippen LogP contribution in [0.2, 0.25) is 0 Å². The molecule has 1 N–H and O–H groups in total. The fourth-order valence-corrected chi connectivity index (χ4v) is 4.79. The van der Waals surface area contributed by atoms with Crippen LogP contribution < -0.4 is 5.32 Å². The Kier molecular flexibility index (Phi) is 4.91. The lowest BCUT2D eigenvalue weighted by Crippen LogP contribution is -2.37. The first-order valence-electron chi connectivity index (χ1n) is 10.7. The minimum Gasteiger partial charge on any atom is -0.355 e. The van der Waals surface area contributed by atoms with Crippen LogP contribution >= 0.6 is 0 Å². The van der Waals surface area contributed by atoms with Crippen molar-refractivity contribution in [1.29, 1.82) is 0 Å². The second-order valence-corrected chi connectivity index (χ2v) is 8.15. The molecule has 0 radical (unpaired) electrons. The summed E-state index contributed by atoms with van der Waals surface area (Å²) in [6, 6.07) is 31.6. The first-order chi connectivity index (χ1) is 15.2. The smallest absolute Gasteiger partial charge is 0.223 e. The van der Waals surface area contributed by atoms with E-state index in [0.29, 0.717) is 6.54 Å². The normalized spacial score (nSPS) is 18.7. The molecule has 3 aromatic carbocycles. The Hall–Kier alpha value is -3.66. The van der Waals surface area contributed by atoms with Gasteiger partial charge in [0.25, 0.3) is 0 Å². The van der Waals surface area contributed by atoms with E-state index in [4.69, 9.17) is 4.98 Å². The van der Waals surface area contributed by atoms with Crippen LogP contribution in [0.15, 0.2) is 104 Å². The van der Waals surface area contributed by atoms with E-state index in [1.165, 1.54) is 0 Å². The molecule has 5 rings (SSSR count). The predicted molar refractivity (Wildman–Crippen MR) is 122 cm³/mol. The third kappa shape index (κ3) is 3.15. The topological polar surface area (TPSA) is 46.9 Å². The molecule has 1 aromatic heterocycles. The van der Waals surface area contributed by atoms with Gasteiger partial charge in [-0.2, -0.15) is 0 Å². The van der Waals surface area contributed by atoms with Gasteiger partial charge in [-0.25, -0.2) is 4.98 Å². The van der Waals surface area contributed by atoms with Crippen LogP contribution in [0.1, 0.15) is 35.2 Å². The van der Waals surface area contributed by atoms with Crippen molar-refractivity contribution in [2.45, 2.75) is 18.4 Å². The summed E-state index contributed by atoms with van der Waals surface area (Å²) in [6.45, 7) is 2.61. The van der Waals surface area contributed by atoms with E-state index < -0.39 is 5.54 Å². The fraction of sp³-hybridized carbons (Fsp3) is 0.185. The van der Waals surface area contributed by atoms with Crippen molar-refractivity contribution in [3.8, 4) is 0 Å². The molecule has 31 heavy (non-hydrogen) atoms. The van der Waals surface area contributed by atoms with Gasteiger partial charge in [0.05, 0.1) is 12.0 Å². The Bertz CT molecular complexity index is 1070. The molecule has 0 aliphatic carbocycles. The van der Waals surface area contributed by atoms with E-state index in [1.54, 1.807) is 0 Å². The zero-order valence-electron chi connectivity index (χ0n) is 17.5. The highest BCUT2D eigenvalue weighted by molar-refractivity contribution is 5.81. The number of nitrogens with zero attached hydrogens (tertiary/aromatic N) is 2. The quantitative estimate of drug-likeness (QED) is 0.493. The maximum absolute atomic E-state index is 12.1. The number of nitrogens with one attached hydrogen (secondary N) is 1. The Morgan fingerprint density at radius 1 is 0.839 bits per heavy atom. The molecule has 4 aromatic rings. The molecule has 0 saturated carbocycles. The summed E-state index contributed by atoms with van der Waals surface area (Å²) in [4.78, 5) is 16.9. The van der Waals surface area contributed by atoms with Gasteiger partial charge in [-0.15, -0.1) is 0 Å². The number of rotatable bonds is 5. The monoisotopic (exact) mass is 407 g/mol. The van der Waals surface area contributed by atoms with Gasteiger partial charge in [0.2, 0.25) is 5.91 Å². The van der Waals surface area contributed by atoms with Crippen molar-refractivity contribution in [2.75, 3.05) is 6.54 Å². The van der Waals surface area contributed by atoms with Gasteiger partial charge in [0.15, 0.2) is 0 Å². The van der Waals surface area contributed by atoms with Crippen molar-refractivity contribution >= 4 is 5.91 Å². The molecule has 1 saturated heterocycles. The molecule has 4 heteroatoms. The summed E-state index contributed by atoms with van der Waals surface area (Å²) >= 11 is 0. The number of amides is 1. The van der Waals surface area contributed by atoms with E-state index in [-0.39, 0.29) is 17.7 Å². The fourth-order valence-electron chi connectivity index (χ4n) is 4.79. The number of carbonyl (C=O) groups is 1. The SMILES string of the molecule is CC1C(=O)NCC1c1cn(C(c2ccccc2)(c2ccccc2)c2ccccc2)cn1. The number of imidazole rings is 1. The molecule has 1 aliphatic heterocycles. The number of benzene rings is 3. The van der Waals surface area contributed by atoms with Gasteiger partial charge in [0.1, 0.15) is 5.54 Å². The molecule has 154 valence electrons. The van der Waals surface area contributed by atoms with E-state index in [2.05, 4.69) is 88.9 Å². The van der Waals surface area contributed by atoms with Crippen molar-refractivity contribution in [3.05, 3.63) is 126 Å². The van der Waals surface area contributed by atoms with Crippen LogP contribution in [0.4, 0.5) is 0 Å². The summed E-state index contributed by atoms with van der Waals surface area (Å²) in [7, 11) is 0. The second-order valence-electron chi connectivity index (χ2n) is 8.15. The number of hydrogen-bond donors (Lipinski definition) is 1. The third-order valence-electron chi connectivity index (χ3n) is 6.46. The van der Waals surface area contributed by atoms with E-state index in [0.717, 1.165) is 22.4 Å². The first kappa shape index (κ1) is 19.3. The standard InChI is InChI=1S/C27H25N3O/c1-20-24(17-28-26(20)31)25-18-30(19-29-25)27(21-11-5-2-6-12-21,22-13-7-3-8-14-22)23-15-9-4-10-16-23/h2-16,18-20,24H,17H2,1H3,(H,28,31). The van der Waals surface area contributed by atoms with Gasteiger partial charge in [0, 0.05) is 24.6 Å². The summed E-state index contributed by atoms with van der Waals surface area (Å²) in [5.41, 5.74) is 3.84. The molecular weight excluding hydrogens is 382 g/mol. The summed E-state index contributed by atoms with van der Waals surface area (Å²) in [6.07, 6.45) is 4.03. The van der Waals surface area contributed by atoms with Crippen molar-refractivity contribution in [2.24, 2.45) is 5.92 Å². The molecule has 0 bridgehead atoms. The Morgan fingerprint density at radius 2 is 1.32 bits per heavy atom. The van der Waals surface area contributed by atoms with Crippen molar-refractivity contribution in [1.82, 2.24) is 14.9 Å². The van der Waals surface area contributed by atoms with Crippen LogP contribution in [0, 0.1) is 5.92 Å². The Labute approximate surface area is 182 Å². The lowest BCUT2D eigenvalue weighted by atomic mass is 9.76. The molecule has 1 fully saturated rings. The van der Waals surface area contributed by atoms with Crippen LogP contribution in [0.5, 0.6) is 0 Å². The van der Waals surface area contributed by atoms with Crippen LogP contribution in [0.25, 0.3) is 0 Å². The summed E-state index contributed by atoms with van der Waals surface area (Å²) in [5.74, 6) is 0.0942. The van der Waals surface area contributed by atoms with Gasteiger partial charge in [-0.3, -0.25) is 4.79 Å². The highest BCUT2D eigenvalue weighted by atomic mass is 16.2. The highest BCUT2D eigenvalue weighted by Gasteiger charge is 2.40.